The molecule has 0 aliphatic heterocycles. The summed E-state index contributed by atoms with van der Waals surface area (Å²) in [5.74, 6) is 4.53. The largest absolute Gasteiger partial charge is 0.488 e. The minimum absolute atomic E-state index is 0.269. The lowest BCUT2D eigenvalue weighted by atomic mass is 10.2. The maximum Gasteiger partial charge on any atom is 0.488 e. The summed E-state index contributed by atoms with van der Waals surface area (Å²) in [7, 11) is -3.98. The quantitative estimate of drug-likeness (QED) is 0.494. The van der Waals surface area contributed by atoms with Crippen molar-refractivity contribution in [1.29, 1.82) is 0 Å². The molecule has 0 aromatic carbocycles. The number of hydrogen-bond donors (Lipinski definition) is 2. The summed E-state index contributed by atoms with van der Waals surface area (Å²) in [6, 6.07) is 0. The first-order valence-electron chi connectivity index (χ1n) is 3.45. The van der Waals surface area contributed by atoms with E-state index in [1.165, 1.54) is 0 Å². The van der Waals surface area contributed by atoms with Crippen molar-refractivity contribution in [3.63, 3.8) is 0 Å². The van der Waals surface area contributed by atoms with E-state index in [0.717, 1.165) is 0 Å². The number of hydrogen-bond acceptors (Lipinski definition) is 4. The Bertz CT molecular complexity index is 147. The Labute approximate surface area is 66.1 Å². The summed E-state index contributed by atoms with van der Waals surface area (Å²) in [6.45, 7) is 3.70. The summed E-state index contributed by atoms with van der Waals surface area (Å²) in [6.07, 6.45) is 1.05. The number of phosphoric ester groups is 1. The third-order valence-electron chi connectivity index (χ3n) is 1.33. The normalized spacial score (nSPS) is 16.8. The second-order valence-electron chi connectivity index (χ2n) is 2.12. The SMILES string of the molecule is CCC(CC)OP(=O)(O)ON. The van der Waals surface area contributed by atoms with E-state index in [4.69, 9.17) is 4.89 Å². The molecule has 3 N–H and O–H groups in total. The van der Waals surface area contributed by atoms with Crippen molar-refractivity contribution in [3.05, 3.63) is 0 Å². The molecule has 0 amide bonds. The lowest BCUT2D eigenvalue weighted by Crippen LogP contribution is -2.11. The van der Waals surface area contributed by atoms with E-state index in [1.807, 2.05) is 13.8 Å². The van der Waals surface area contributed by atoms with Crippen LogP contribution in [-0.4, -0.2) is 11.0 Å². The van der Waals surface area contributed by atoms with Crippen molar-refractivity contribution in [2.75, 3.05) is 0 Å². The number of rotatable bonds is 5. The van der Waals surface area contributed by atoms with E-state index in [2.05, 4.69) is 15.0 Å². The molecule has 68 valence electrons. The fourth-order valence-electron chi connectivity index (χ4n) is 0.651. The van der Waals surface area contributed by atoms with Gasteiger partial charge in [0.1, 0.15) is 0 Å². The van der Waals surface area contributed by atoms with Gasteiger partial charge in [-0.25, -0.2) is 15.1 Å². The maximum absolute atomic E-state index is 10.7. The van der Waals surface area contributed by atoms with Gasteiger partial charge in [0.2, 0.25) is 0 Å². The molecule has 0 saturated carbocycles. The molecular weight excluding hydrogens is 169 g/mol. The van der Waals surface area contributed by atoms with Crippen LogP contribution in [0.2, 0.25) is 0 Å². The van der Waals surface area contributed by atoms with Crippen LogP contribution in [-0.2, 0) is 13.7 Å². The molecule has 0 spiro atoms. The van der Waals surface area contributed by atoms with Crippen LogP contribution in [0.25, 0.3) is 0 Å². The fourth-order valence-corrected chi connectivity index (χ4v) is 1.38. The average molecular weight is 183 g/mol. The smallest absolute Gasteiger partial charge is 0.301 e. The Morgan fingerprint density at radius 2 is 2.00 bits per heavy atom. The Morgan fingerprint density at radius 1 is 1.55 bits per heavy atom. The molecule has 0 rings (SSSR count). The monoisotopic (exact) mass is 183 g/mol. The van der Waals surface area contributed by atoms with Gasteiger partial charge in [0.15, 0.2) is 0 Å². The topological polar surface area (TPSA) is 81.8 Å². The molecular formula is C5H14NO4P. The van der Waals surface area contributed by atoms with Crippen LogP contribution in [0.1, 0.15) is 26.7 Å². The van der Waals surface area contributed by atoms with Gasteiger partial charge in [0.05, 0.1) is 6.10 Å². The third-order valence-corrected chi connectivity index (χ3v) is 2.16. The van der Waals surface area contributed by atoms with E-state index in [1.54, 1.807) is 0 Å². The molecule has 0 aromatic heterocycles. The third kappa shape index (κ3) is 4.50. The minimum Gasteiger partial charge on any atom is -0.301 e. The van der Waals surface area contributed by atoms with Gasteiger partial charge in [-0.2, -0.15) is 0 Å². The Balaban J connectivity index is 3.90. The van der Waals surface area contributed by atoms with Crippen LogP contribution in [0.5, 0.6) is 0 Å². The van der Waals surface area contributed by atoms with Crippen molar-refractivity contribution < 1.29 is 18.6 Å². The van der Waals surface area contributed by atoms with Gasteiger partial charge in [-0.1, -0.05) is 13.8 Å². The first-order chi connectivity index (χ1) is 5.05. The molecule has 0 radical (unpaired) electrons. The molecule has 1 unspecified atom stereocenters. The van der Waals surface area contributed by atoms with Crippen LogP contribution in [0, 0.1) is 0 Å². The zero-order chi connectivity index (χ0) is 8.91. The van der Waals surface area contributed by atoms with Crippen LogP contribution < -0.4 is 5.90 Å². The first kappa shape index (κ1) is 11.1. The van der Waals surface area contributed by atoms with Crippen molar-refractivity contribution in [1.82, 2.24) is 0 Å². The lowest BCUT2D eigenvalue weighted by Gasteiger charge is -2.15. The Hall–Kier alpha value is 0.0700. The van der Waals surface area contributed by atoms with Gasteiger partial charge in [0, 0.05) is 0 Å². The molecule has 0 heterocycles. The summed E-state index contributed by atoms with van der Waals surface area (Å²) in [4.78, 5) is 8.74. The van der Waals surface area contributed by atoms with Gasteiger partial charge in [-0.3, -0.25) is 4.52 Å². The second-order valence-corrected chi connectivity index (χ2v) is 3.48. The van der Waals surface area contributed by atoms with Crippen LogP contribution in [0.15, 0.2) is 0 Å². The number of nitrogens with two attached hydrogens (primary N) is 1. The van der Waals surface area contributed by atoms with E-state index in [0.29, 0.717) is 12.8 Å². The van der Waals surface area contributed by atoms with Crippen LogP contribution >= 0.6 is 7.82 Å². The van der Waals surface area contributed by atoms with Gasteiger partial charge in [0.25, 0.3) is 0 Å². The molecule has 0 aliphatic carbocycles. The van der Waals surface area contributed by atoms with Gasteiger partial charge < -0.3 is 4.89 Å². The molecule has 6 heteroatoms. The van der Waals surface area contributed by atoms with E-state index < -0.39 is 7.82 Å². The molecule has 0 fully saturated rings. The summed E-state index contributed by atoms with van der Waals surface area (Å²) < 4.78 is 19.1. The molecule has 1 atom stereocenters. The summed E-state index contributed by atoms with van der Waals surface area (Å²) in [5.41, 5.74) is 0. The molecule has 0 bridgehead atoms. The first-order valence-corrected chi connectivity index (χ1v) is 4.95. The molecule has 0 saturated heterocycles. The van der Waals surface area contributed by atoms with Crippen LogP contribution in [0.4, 0.5) is 0 Å². The predicted octanol–water partition coefficient (Wildman–Crippen LogP) is 1.18. The van der Waals surface area contributed by atoms with E-state index in [9.17, 15) is 4.57 Å². The van der Waals surface area contributed by atoms with Gasteiger partial charge in [-0.05, 0) is 12.8 Å². The highest BCUT2D eigenvalue weighted by atomic mass is 31.2. The Morgan fingerprint density at radius 3 is 2.27 bits per heavy atom. The summed E-state index contributed by atoms with van der Waals surface area (Å²) in [5, 5.41) is 0. The van der Waals surface area contributed by atoms with Crippen molar-refractivity contribution in [2.45, 2.75) is 32.8 Å². The fraction of sp³-hybridized carbons (Fsp3) is 1.00. The summed E-state index contributed by atoms with van der Waals surface area (Å²) >= 11 is 0. The lowest BCUT2D eigenvalue weighted by molar-refractivity contribution is 0.0999. The van der Waals surface area contributed by atoms with Crippen LogP contribution in [0.3, 0.4) is 0 Å². The predicted molar refractivity (Wildman–Crippen MR) is 40.6 cm³/mol. The molecule has 0 aliphatic rings. The van der Waals surface area contributed by atoms with Gasteiger partial charge in [-0.15, -0.1) is 0 Å². The van der Waals surface area contributed by atoms with Gasteiger partial charge >= 0.3 is 7.82 Å². The zero-order valence-electron chi connectivity index (χ0n) is 6.69. The maximum atomic E-state index is 10.7. The van der Waals surface area contributed by atoms with Crippen molar-refractivity contribution in [2.24, 2.45) is 5.90 Å². The Kier molecular flexibility index (Phi) is 4.88. The highest BCUT2D eigenvalue weighted by Gasteiger charge is 2.23. The van der Waals surface area contributed by atoms with Crippen molar-refractivity contribution >= 4 is 7.82 Å². The zero-order valence-corrected chi connectivity index (χ0v) is 7.58. The van der Waals surface area contributed by atoms with Crippen molar-refractivity contribution in [3.8, 4) is 0 Å². The second kappa shape index (κ2) is 4.85. The average Bonchev–Trinajstić information content (AvgIpc) is 2.00. The highest BCUT2D eigenvalue weighted by molar-refractivity contribution is 7.47. The standard InChI is InChI=1S/C5H14NO4P/c1-3-5(4-2)9-11(7,8)10-6/h5H,3-4,6H2,1-2H3,(H,7,8). The molecule has 5 nitrogen and oxygen atoms in total. The minimum atomic E-state index is -3.98. The number of phosphoric acid groups is 1. The van der Waals surface area contributed by atoms with E-state index >= 15 is 0 Å². The molecule has 0 aromatic rings. The highest BCUT2D eigenvalue weighted by Crippen LogP contribution is 2.43. The molecule has 11 heavy (non-hydrogen) atoms. The van der Waals surface area contributed by atoms with E-state index in [-0.39, 0.29) is 6.10 Å².